The molecule has 5 nitrogen and oxygen atoms in total. The summed E-state index contributed by atoms with van der Waals surface area (Å²) >= 11 is 0. The minimum Gasteiger partial charge on any atom is -0.348 e. The van der Waals surface area contributed by atoms with Gasteiger partial charge in [-0.1, -0.05) is 30.3 Å². The summed E-state index contributed by atoms with van der Waals surface area (Å²) in [6.45, 7) is 3.55. The predicted molar refractivity (Wildman–Crippen MR) is 111 cm³/mol. The van der Waals surface area contributed by atoms with Crippen molar-refractivity contribution in [2.24, 2.45) is 5.92 Å². The first kappa shape index (κ1) is 18.9. The van der Waals surface area contributed by atoms with Crippen molar-refractivity contribution in [2.45, 2.75) is 38.1 Å². The summed E-state index contributed by atoms with van der Waals surface area (Å²) in [5.74, 6) is 0.816. The molecule has 2 aliphatic heterocycles. The van der Waals surface area contributed by atoms with E-state index in [0.717, 1.165) is 49.7 Å². The van der Waals surface area contributed by atoms with Gasteiger partial charge in [-0.15, -0.1) is 0 Å². The maximum atomic E-state index is 12.7. The number of rotatable bonds is 5. The van der Waals surface area contributed by atoms with Gasteiger partial charge in [0.15, 0.2) is 0 Å². The molecule has 28 heavy (non-hydrogen) atoms. The van der Waals surface area contributed by atoms with Gasteiger partial charge in [0.25, 0.3) is 5.91 Å². The summed E-state index contributed by atoms with van der Waals surface area (Å²) in [5.41, 5.74) is 0.677. The molecule has 4 rings (SSSR count). The van der Waals surface area contributed by atoms with E-state index in [2.05, 4.69) is 10.6 Å². The first-order valence-electron chi connectivity index (χ1n) is 10.5. The highest BCUT2D eigenvalue weighted by Gasteiger charge is 2.26. The number of nitrogens with zero attached hydrogens (tertiary/aromatic N) is 1. The Labute approximate surface area is 166 Å². The van der Waals surface area contributed by atoms with Crippen molar-refractivity contribution in [1.82, 2.24) is 15.5 Å². The van der Waals surface area contributed by atoms with Gasteiger partial charge in [0.05, 0.1) is 0 Å². The highest BCUT2D eigenvalue weighted by molar-refractivity contribution is 5.98. The lowest BCUT2D eigenvalue weighted by molar-refractivity contribution is -0.132. The van der Waals surface area contributed by atoms with Gasteiger partial charge in [-0.05, 0) is 67.6 Å². The number of likely N-dealkylation sites (tertiary alicyclic amines) is 1. The van der Waals surface area contributed by atoms with Crippen molar-refractivity contribution >= 4 is 22.6 Å². The number of hydrogen-bond donors (Lipinski definition) is 2. The number of benzene rings is 2. The fourth-order valence-corrected chi connectivity index (χ4v) is 4.37. The highest BCUT2D eigenvalue weighted by Crippen LogP contribution is 2.19. The lowest BCUT2D eigenvalue weighted by atomic mass is 10.0. The zero-order chi connectivity index (χ0) is 19.3. The monoisotopic (exact) mass is 379 g/mol. The number of carbonyl (C=O) groups is 2. The summed E-state index contributed by atoms with van der Waals surface area (Å²) < 4.78 is 0. The number of hydrogen-bond acceptors (Lipinski definition) is 3. The van der Waals surface area contributed by atoms with Gasteiger partial charge in [0.1, 0.15) is 0 Å². The molecule has 2 aromatic carbocycles. The number of piperidine rings is 1. The molecule has 2 aliphatic rings. The van der Waals surface area contributed by atoms with E-state index in [1.54, 1.807) is 0 Å². The normalized spacial score (nSPS) is 22.4. The van der Waals surface area contributed by atoms with Gasteiger partial charge in [-0.3, -0.25) is 9.59 Å². The van der Waals surface area contributed by atoms with E-state index in [0.29, 0.717) is 24.4 Å². The topological polar surface area (TPSA) is 61.4 Å². The van der Waals surface area contributed by atoms with Crippen LogP contribution in [0.15, 0.2) is 42.5 Å². The summed E-state index contributed by atoms with van der Waals surface area (Å²) in [7, 11) is 0. The molecule has 0 aliphatic carbocycles. The summed E-state index contributed by atoms with van der Waals surface area (Å²) in [6.07, 6.45) is 4.64. The summed E-state index contributed by atoms with van der Waals surface area (Å²) in [6, 6.07) is 13.9. The van der Waals surface area contributed by atoms with E-state index in [1.807, 2.05) is 47.4 Å². The fourth-order valence-electron chi connectivity index (χ4n) is 4.37. The van der Waals surface area contributed by atoms with Crippen LogP contribution in [0.5, 0.6) is 0 Å². The second-order valence-corrected chi connectivity index (χ2v) is 8.11. The van der Waals surface area contributed by atoms with Crippen LogP contribution >= 0.6 is 0 Å². The van der Waals surface area contributed by atoms with E-state index in [4.69, 9.17) is 0 Å². The summed E-state index contributed by atoms with van der Waals surface area (Å²) in [4.78, 5) is 27.2. The zero-order valence-electron chi connectivity index (χ0n) is 16.3. The van der Waals surface area contributed by atoms with Crippen molar-refractivity contribution in [3.05, 3.63) is 48.0 Å². The second-order valence-electron chi connectivity index (χ2n) is 8.11. The Bertz CT molecular complexity index is 845. The van der Waals surface area contributed by atoms with Gasteiger partial charge < -0.3 is 15.5 Å². The average molecular weight is 380 g/mol. The molecule has 0 aromatic heterocycles. The van der Waals surface area contributed by atoms with Crippen molar-refractivity contribution in [3.8, 4) is 0 Å². The van der Waals surface area contributed by atoms with Gasteiger partial charge in [0, 0.05) is 31.1 Å². The van der Waals surface area contributed by atoms with Gasteiger partial charge >= 0.3 is 0 Å². The van der Waals surface area contributed by atoms with Crippen molar-refractivity contribution in [2.75, 3.05) is 26.2 Å². The minimum absolute atomic E-state index is 0.0322. The summed E-state index contributed by atoms with van der Waals surface area (Å²) in [5, 5.41) is 8.69. The van der Waals surface area contributed by atoms with Crippen molar-refractivity contribution < 1.29 is 9.59 Å². The van der Waals surface area contributed by atoms with Gasteiger partial charge in [-0.2, -0.15) is 0 Å². The number of amides is 2. The molecule has 0 bridgehead atoms. The molecule has 148 valence electrons. The molecule has 2 amide bonds. The van der Waals surface area contributed by atoms with Crippen LogP contribution in [0.3, 0.4) is 0 Å². The van der Waals surface area contributed by atoms with Crippen molar-refractivity contribution in [1.29, 1.82) is 0 Å². The third-order valence-electron chi connectivity index (χ3n) is 6.05. The van der Waals surface area contributed by atoms with E-state index in [-0.39, 0.29) is 17.9 Å². The molecule has 0 spiro atoms. The molecule has 2 heterocycles. The quantitative estimate of drug-likeness (QED) is 0.840. The number of fused-ring (bicyclic) bond motifs is 1. The molecule has 2 fully saturated rings. The standard InChI is InChI=1S/C23H29N3O2/c27-22(10-7-17-11-12-24-15-17)26-13-3-6-21(16-26)25-23(28)20-9-8-18-4-1-2-5-19(18)14-20/h1-2,4-5,8-9,14,17,21,24H,3,6-7,10-13,15-16H2,(H,25,28). The Morgan fingerprint density at radius 3 is 2.79 bits per heavy atom. The highest BCUT2D eigenvalue weighted by atomic mass is 16.2. The smallest absolute Gasteiger partial charge is 0.251 e. The predicted octanol–water partition coefficient (Wildman–Crippen LogP) is 2.95. The zero-order valence-corrected chi connectivity index (χ0v) is 16.3. The van der Waals surface area contributed by atoms with Crippen LogP contribution in [0.2, 0.25) is 0 Å². The van der Waals surface area contributed by atoms with Crippen LogP contribution in [0, 0.1) is 5.92 Å². The number of nitrogens with one attached hydrogen (secondary N) is 2. The van der Waals surface area contributed by atoms with E-state index < -0.39 is 0 Å². The molecule has 2 unspecified atom stereocenters. The maximum absolute atomic E-state index is 12.7. The molecule has 2 saturated heterocycles. The SMILES string of the molecule is O=C(NC1CCCN(C(=O)CCC2CCNC2)C1)c1ccc2ccccc2c1. The van der Waals surface area contributed by atoms with Gasteiger partial charge in [-0.25, -0.2) is 0 Å². The molecule has 2 aromatic rings. The van der Waals surface area contributed by atoms with Crippen LogP contribution in [-0.2, 0) is 4.79 Å². The Balaban J connectivity index is 1.32. The number of carbonyl (C=O) groups excluding carboxylic acids is 2. The van der Waals surface area contributed by atoms with Crippen LogP contribution in [0.1, 0.15) is 42.5 Å². The first-order valence-corrected chi connectivity index (χ1v) is 10.5. The van der Waals surface area contributed by atoms with Gasteiger partial charge in [0.2, 0.25) is 5.91 Å². The molecule has 2 N–H and O–H groups in total. The van der Waals surface area contributed by atoms with Crippen LogP contribution in [-0.4, -0.2) is 48.9 Å². The maximum Gasteiger partial charge on any atom is 0.251 e. The lowest BCUT2D eigenvalue weighted by Gasteiger charge is -2.33. The second kappa shape index (κ2) is 8.74. The third-order valence-corrected chi connectivity index (χ3v) is 6.05. The van der Waals surface area contributed by atoms with E-state index in [9.17, 15) is 9.59 Å². The first-order chi connectivity index (χ1) is 13.7. The average Bonchev–Trinajstić information content (AvgIpc) is 3.25. The fraction of sp³-hybridized carbons (Fsp3) is 0.478. The van der Waals surface area contributed by atoms with Crippen LogP contribution in [0.25, 0.3) is 10.8 Å². The Morgan fingerprint density at radius 1 is 1.11 bits per heavy atom. The third kappa shape index (κ3) is 4.53. The molecule has 0 radical (unpaired) electrons. The Hall–Kier alpha value is -2.40. The van der Waals surface area contributed by atoms with Crippen LogP contribution < -0.4 is 10.6 Å². The van der Waals surface area contributed by atoms with E-state index >= 15 is 0 Å². The minimum atomic E-state index is -0.0536. The molecular formula is C23H29N3O2. The molecule has 2 atom stereocenters. The molecule has 0 saturated carbocycles. The molecular weight excluding hydrogens is 350 g/mol. The van der Waals surface area contributed by atoms with Crippen LogP contribution in [0.4, 0.5) is 0 Å². The Kier molecular flexibility index (Phi) is 5.91. The molecule has 5 heteroatoms. The van der Waals surface area contributed by atoms with Crippen molar-refractivity contribution in [3.63, 3.8) is 0 Å². The Morgan fingerprint density at radius 2 is 1.96 bits per heavy atom. The lowest BCUT2D eigenvalue weighted by Crippen LogP contribution is -2.49. The van der Waals surface area contributed by atoms with E-state index in [1.165, 1.54) is 6.42 Å². The largest absolute Gasteiger partial charge is 0.348 e.